The summed E-state index contributed by atoms with van der Waals surface area (Å²) in [4.78, 5) is 4.40. The number of rotatable bonds is 1. The van der Waals surface area contributed by atoms with E-state index in [9.17, 15) is 0 Å². The molecule has 0 spiro atoms. The smallest absolute Gasteiger partial charge is 0.0380 e. The van der Waals surface area contributed by atoms with Crippen LogP contribution in [0.5, 0.6) is 0 Å². The Morgan fingerprint density at radius 1 is 0.952 bits per heavy atom. The second-order valence-electron chi connectivity index (χ2n) is 4.94. The molecule has 0 saturated carbocycles. The molecule has 4 rings (SSSR count). The van der Waals surface area contributed by atoms with Crippen LogP contribution < -0.4 is 0 Å². The maximum atomic E-state index is 4.40. The van der Waals surface area contributed by atoms with Gasteiger partial charge in [0.05, 0.1) is 0 Å². The van der Waals surface area contributed by atoms with E-state index in [0.717, 1.165) is 11.3 Å². The molecule has 4 aromatic rings. The van der Waals surface area contributed by atoms with Gasteiger partial charge in [0.25, 0.3) is 0 Å². The second-order valence-corrected chi connectivity index (χ2v) is 4.94. The fourth-order valence-corrected chi connectivity index (χ4v) is 2.77. The molecule has 1 radical (unpaired) electrons. The number of aryl methyl sites for hydroxylation is 1. The summed E-state index contributed by atoms with van der Waals surface area (Å²) in [6, 6.07) is 22.0. The van der Waals surface area contributed by atoms with Crippen LogP contribution in [0.25, 0.3) is 33.1 Å². The molecule has 0 bridgehead atoms. The molecule has 2 nitrogen and oxygen atoms in total. The van der Waals surface area contributed by atoms with Crippen LogP contribution in [0.4, 0.5) is 0 Å². The fraction of sp³-hybridized carbons (Fsp3) is 0.0556. The number of para-hydroxylation sites is 1. The maximum absolute atomic E-state index is 4.40. The van der Waals surface area contributed by atoms with E-state index in [4.69, 9.17) is 0 Å². The summed E-state index contributed by atoms with van der Waals surface area (Å²) in [5.41, 5.74) is 4.45. The van der Waals surface area contributed by atoms with Crippen LogP contribution in [0.3, 0.4) is 0 Å². The molecule has 0 aliphatic rings. The van der Waals surface area contributed by atoms with Gasteiger partial charge in [0.2, 0.25) is 0 Å². The molecular formula is C18H13IrN2-. The topological polar surface area (TPSA) is 17.8 Å². The number of benzene rings is 2. The van der Waals surface area contributed by atoms with Gasteiger partial charge in [-0.15, -0.1) is 23.8 Å². The van der Waals surface area contributed by atoms with Gasteiger partial charge in [0.15, 0.2) is 0 Å². The van der Waals surface area contributed by atoms with Gasteiger partial charge in [0.1, 0.15) is 0 Å². The molecule has 0 fully saturated rings. The Bertz CT molecular complexity index is 910. The van der Waals surface area contributed by atoms with Crippen LogP contribution in [0, 0.1) is 6.07 Å². The molecule has 0 atom stereocenters. The third-order valence-corrected chi connectivity index (χ3v) is 3.79. The molecule has 0 unspecified atom stereocenters. The Labute approximate surface area is 136 Å². The predicted octanol–water partition coefficient (Wildman–Crippen LogP) is 4.19. The van der Waals surface area contributed by atoms with Crippen molar-refractivity contribution in [1.82, 2.24) is 9.55 Å². The van der Waals surface area contributed by atoms with Gasteiger partial charge in [-0.1, -0.05) is 35.7 Å². The minimum atomic E-state index is 0. The van der Waals surface area contributed by atoms with E-state index in [-0.39, 0.29) is 20.1 Å². The molecule has 3 heteroatoms. The van der Waals surface area contributed by atoms with E-state index < -0.39 is 0 Å². The zero-order chi connectivity index (χ0) is 13.5. The Kier molecular flexibility index (Phi) is 3.62. The van der Waals surface area contributed by atoms with Crippen LogP contribution >= 0.6 is 0 Å². The standard InChI is InChI=1S/C18H13N2.Ir/c1-20-17-8-3-2-6-14(17)15-10-9-13(12-18(15)20)16-7-4-5-11-19-16;/h2-8,10-12H,1H3;/q-1;. The van der Waals surface area contributed by atoms with Gasteiger partial charge in [-0.05, 0) is 28.7 Å². The molecule has 2 aromatic heterocycles. The Hall–Kier alpha value is -1.96. The van der Waals surface area contributed by atoms with Gasteiger partial charge in [-0.2, -0.15) is 0 Å². The molecule has 0 aliphatic heterocycles. The maximum Gasteiger partial charge on any atom is 0.0380 e. The van der Waals surface area contributed by atoms with Crippen LogP contribution in [0.2, 0.25) is 0 Å². The number of hydrogen-bond acceptors (Lipinski definition) is 1. The SMILES string of the molecule is Cn1c2ccccc2c2c[c-]c(-c3ccccn3)cc21.[Ir]. The number of aromatic nitrogens is 2. The third kappa shape index (κ3) is 2.19. The van der Waals surface area contributed by atoms with Gasteiger partial charge in [-0.25, -0.2) is 0 Å². The van der Waals surface area contributed by atoms with Gasteiger partial charge >= 0.3 is 0 Å². The quantitative estimate of drug-likeness (QED) is 0.399. The van der Waals surface area contributed by atoms with Crippen molar-refractivity contribution in [3.8, 4) is 11.3 Å². The zero-order valence-electron chi connectivity index (χ0n) is 11.5. The number of hydrogen-bond donors (Lipinski definition) is 0. The van der Waals surface area contributed by atoms with Crippen LogP contribution in [-0.4, -0.2) is 9.55 Å². The fourth-order valence-electron chi connectivity index (χ4n) is 2.77. The van der Waals surface area contributed by atoms with E-state index in [1.54, 1.807) is 0 Å². The molecule has 0 amide bonds. The van der Waals surface area contributed by atoms with Crippen LogP contribution in [-0.2, 0) is 27.2 Å². The molecule has 2 heterocycles. The summed E-state index contributed by atoms with van der Waals surface area (Å²) in [5, 5.41) is 2.51. The molecule has 0 aliphatic carbocycles. The summed E-state index contributed by atoms with van der Waals surface area (Å²) in [7, 11) is 2.10. The molecule has 0 N–H and O–H groups in total. The van der Waals surface area contributed by atoms with Gasteiger partial charge in [0, 0.05) is 38.9 Å². The van der Waals surface area contributed by atoms with E-state index in [2.05, 4.69) is 59.1 Å². The van der Waals surface area contributed by atoms with Crippen LogP contribution in [0.15, 0.2) is 60.8 Å². The first-order valence-electron chi connectivity index (χ1n) is 6.65. The van der Waals surface area contributed by atoms with Crippen molar-refractivity contribution in [2.75, 3.05) is 0 Å². The molecular weight excluding hydrogens is 436 g/mol. The normalized spacial score (nSPS) is 10.7. The third-order valence-electron chi connectivity index (χ3n) is 3.79. The van der Waals surface area contributed by atoms with Crippen molar-refractivity contribution < 1.29 is 20.1 Å². The minimum Gasteiger partial charge on any atom is -0.361 e. The Morgan fingerprint density at radius 3 is 2.57 bits per heavy atom. The first kappa shape index (κ1) is 14.0. The average molecular weight is 450 g/mol. The minimum absolute atomic E-state index is 0. The van der Waals surface area contributed by atoms with E-state index in [1.165, 1.54) is 21.8 Å². The van der Waals surface area contributed by atoms with E-state index >= 15 is 0 Å². The number of nitrogens with zero attached hydrogens (tertiary/aromatic N) is 2. The van der Waals surface area contributed by atoms with Crippen molar-refractivity contribution in [3.63, 3.8) is 0 Å². The van der Waals surface area contributed by atoms with E-state index in [1.807, 2.05) is 24.4 Å². The molecule has 2 aromatic carbocycles. The summed E-state index contributed by atoms with van der Waals surface area (Å²) in [6.07, 6.45) is 1.81. The first-order valence-corrected chi connectivity index (χ1v) is 6.65. The summed E-state index contributed by atoms with van der Waals surface area (Å²) in [5.74, 6) is 0. The van der Waals surface area contributed by atoms with E-state index in [0.29, 0.717) is 0 Å². The Morgan fingerprint density at radius 2 is 1.76 bits per heavy atom. The largest absolute Gasteiger partial charge is 0.361 e. The molecule has 0 saturated heterocycles. The number of fused-ring (bicyclic) bond motifs is 3. The van der Waals surface area contributed by atoms with Crippen molar-refractivity contribution >= 4 is 21.8 Å². The summed E-state index contributed by atoms with van der Waals surface area (Å²) < 4.78 is 2.23. The number of pyridine rings is 1. The molecule has 21 heavy (non-hydrogen) atoms. The monoisotopic (exact) mass is 450 g/mol. The summed E-state index contributed by atoms with van der Waals surface area (Å²) in [6.45, 7) is 0. The van der Waals surface area contributed by atoms with Gasteiger partial charge in [-0.3, -0.25) is 0 Å². The zero-order valence-corrected chi connectivity index (χ0v) is 13.9. The van der Waals surface area contributed by atoms with Crippen LogP contribution in [0.1, 0.15) is 0 Å². The van der Waals surface area contributed by atoms with Gasteiger partial charge < -0.3 is 9.55 Å². The Balaban J connectivity index is 0.00000132. The van der Waals surface area contributed by atoms with Crippen molar-refractivity contribution in [1.29, 1.82) is 0 Å². The van der Waals surface area contributed by atoms with Crippen molar-refractivity contribution in [3.05, 3.63) is 66.9 Å². The summed E-state index contributed by atoms with van der Waals surface area (Å²) >= 11 is 0. The van der Waals surface area contributed by atoms with Crippen molar-refractivity contribution in [2.24, 2.45) is 7.05 Å². The first-order chi connectivity index (χ1) is 9.84. The molecule has 105 valence electrons. The average Bonchev–Trinajstić information content (AvgIpc) is 2.81. The van der Waals surface area contributed by atoms with Crippen molar-refractivity contribution in [2.45, 2.75) is 0 Å². The predicted molar refractivity (Wildman–Crippen MR) is 82.5 cm³/mol. The second kappa shape index (κ2) is 5.44.